The van der Waals surface area contributed by atoms with E-state index < -0.39 is 5.97 Å². The van der Waals surface area contributed by atoms with E-state index in [0.717, 1.165) is 12.4 Å². The third-order valence-corrected chi connectivity index (χ3v) is 2.07. The average molecular weight is 239 g/mol. The summed E-state index contributed by atoms with van der Waals surface area (Å²) < 4.78 is 4.84. The van der Waals surface area contributed by atoms with Crippen molar-refractivity contribution in [3.8, 4) is 0 Å². The number of likely N-dealkylation sites (N-methyl/N-ethyl adjacent to an activating group) is 1. The summed E-state index contributed by atoms with van der Waals surface area (Å²) in [5, 5.41) is 8.63. The molecule has 17 heavy (non-hydrogen) atoms. The highest BCUT2D eigenvalue weighted by Gasteiger charge is 2.14. The second kappa shape index (κ2) is 5.90. The van der Waals surface area contributed by atoms with Crippen molar-refractivity contribution in [1.82, 2.24) is 14.9 Å². The molecule has 0 spiro atoms. The molecule has 92 valence electrons. The van der Waals surface area contributed by atoms with Gasteiger partial charge in [0.1, 0.15) is 5.69 Å². The zero-order chi connectivity index (χ0) is 12.8. The lowest BCUT2D eigenvalue weighted by atomic mass is 10.3. The second-order valence-corrected chi connectivity index (χ2v) is 3.31. The van der Waals surface area contributed by atoms with Crippen LogP contribution in [0, 0.1) is 0 Å². The molecule has 0 saturated carbocycles. The third kappa shape index (κ3) is 3.49. The number of rotatable bonds is 5. The van der Waals surface area contributed by atoms with E-state index in [2.05, 4.69) is 9.97 Å². The van der Waals surface area contributed by atoms with Crippen molar-refractivity contribution in [1.29, 1.82) is 0 Å². The molecule has 0 unspecified atom stereocenters. The van der Waals surface area contributed by atoms with Crippen LogP contribution in [0.5, 0.6) is 0 Å². The average Bonchev–Trinajstić information content (AvgIpc) is 2.35. The van der Waals surface area contributed by atoms with Crippen LogP contribution in [0.15, 0.2) is 12.4 Å². The number of carbonyl (C=O) groups is 2. The molecular weight excluding hydrogens is 226 g/mol. The van der Waals surface area contributed by atoms with E-state index in [1.165, 1.54) is 4.90 Å². The van der Waals surface area contributed by atoms with Crippen molar-refractivity contribution in [3.63, 3.8) is 0 Å². The lowest BCUT2D eigenvalue weighted by molar-refractivity contribution is 0.0685. The minimum Gasteiger partial charge on any atom is -0.476 e. The normalized spacial score (nSPS) is 10.0. The van der Waals surface area contributed by atoms with Gasteiger partial charge in [-0.15, -0.1) is 0 Å². The van der Waals surface area contributed by atoms with Gasteiger partial charge in [-0.05, 0) is 0 Å². The van der Waals surface area contributed by atoms with Gasteiger partial charge >= 0.3 is 5.97 Å². The molecule has 0 radical (unpaired) electrons. The molecule has 0 aliphatic heterocycles. The first-order valence-electron chi connectivity index (χ1n) is 4.86. The molecule has 0 bridgehead atoms. The van der Waals surface area contributed by atoms with Crippen molar-refractivity contribution < 1.29 is 19.4 Å². The lowest BCUT2D eigenvalue weighted by Gasteiger charge is -2.15. The Labute approximate surface area is 98.1 Å². The number of aromatic nitrogens is 2. The van der Waals surface area contributed by atoms with Crippen LogP contribution in [0.1, 0.15) is 21.0 Å². The van der Waals surface area contributed by atoms with E-state index in [0.29, 0.717) is 13.2 Å². The maximum absolute atomic E-state index is 11.8. The Morgan fingerprint density at radius 3 is 2.41 bits per heavy atom. The topological polar surface area (TPSA) is 92.6 Å². The number of ether oxygens (including phenoxy) is 1. The van der Waals surface area contributed by atoms with Gasteiger partial charge in [0, 0.05) is 20.7 Å². The zero-order valence-electron chi connectivity index (χ0n) is 9.58. The van der Waals surface area contributed by atoms with E-state index in [1.807, 2.05) is 0 Å². The van der Waals surface area contributed by atoms with Crippen LogP contribution in [0.25, 0.3) is 0 Å². The maximum Gasteiger partial charge on any atom is 0.356 e. The SMILES string of the molecule is COCCN(C)C(=O)c1cnc(C(=O)O)cn1. The molecule has 0 aromatic carbocycles. The summed E-state index contributed by atoms with van der Waals surface area (Å²) in [5.74, 6) is -1.50. The minimum atomic E-state index is -1.18. The predicted octanol–water partition coefficient (Wildman–Crippen LogP) is -0.107. The number of nitrogens with zero attached hydrogens (tertiary/aromatic N) is 3. The summed E-state index contributed by atoms with van der Waals surface area (Å²) in [4.78, 5) is 31.1. The van der Waals surface area contributed by atoms with E-state index in [1.54, 1.807) is 14.2 Å². The third-order valence-electron chi connectivity index (χ3n) is 2.07. The Balaban J connectivity index is 2.72. The largest absolute Gasteiger partial charge is 0.476 e. The molecule has 1 rings (SSSR count). The molecule has 0 atom stereocenters. The molecule has 1 aromatic heterocycles. The Bertz CT molecular complexity index is 405. The highest BCUT2D eigenvalue weighted by molar-refractivity contribution is 5.92. The fourth-order valence-corrected chi connectivity index (χ4v) is 1.07. The van der Waals surface area contributed by atoms with Crippen LogP contribution in [-0.4, -0.2) is 59.2 Å². The summed E-state index contributed by atoms with van der Waals surface area (Å²) in [6, 6.07) is 0. The first kappa shape index (κ1) is 13.0. The molecule has 0 aliphatic carbocycles. The Morgan fingerprint density at radius 2 is 1.94 bits per heavy atom. The number of carboxylic acid groups (broad SMARTS) is 1. The number of aromatic carboxylic acids is 1. The fourth-order valence-electron chi connectivity index (χ4n) is 1.07. The predicted molar refractivity (Wildman–Crippen MR) is 57.8 cm³/mol. The molecule has 1 amide bonds. The standard InChI is InChI=1S/C10H13N3O4/c1-13(3-4-17-2)9(14)7-5-12-8(6-11-7)10(15)16/h5-6H,3-4H2,1-2H3,(H,15,16). The molecule has 0 fully saturated rings. The highest BCUT2D eigenvalue weighted by Crippen LogP contribution is 2.00. The van der Waals surface area contributed by atoms with E-state index in [4.69, 9.17) is 9.84 Å². The van der Waals surface area contributed by atoms with E-state index in [-0.39, 0.29) is 17.3 Å². The number of amides is 1. The van der Waals surface area contributed by atoms with Crippen LogP contribution in [-0.2, 0) is 4.74 Å². The molecule has 0 aliphatic rings. The molecular formula is C10H13N3O4. The lowest BCUT2D eigenvalue weighted by Crippen LogP contribution is -2.30. The van der Waals surface area contributed by atoms with Crippen LogP contribution >= 0.6 is 0 Å². The van der Waals surface area contributed by atoms with Crippen LogP contribution in [0.4, 0.5) is 0 Å². The minimum absolute atomic E-state index is 0.105. The maximum atomic E-state index is 11.8. The van der Waals surface area contributed by atoms with Crippen LogP contribution < -0.4 is 0 Å². The second-order valence-electron chi connectivity index (χ2n) is 3.31. The van der Waals surface area contributed by atoms with Gasteiger partial charge in [-0.1, -0.05) is 0 Å². The van der Waals surface area contributed by atoms with Gasteiger partial charge in [0.15, 0.2) is 5.69 Å². The highest BCUT2D eigenvalue weighted by atomic mass is 16.5. The number of carboxylic acids is 1. The summed E-state index contributed by atoms with van der Waals surface area (Å²) in [7, 11) is 3.15. The number of carbonyl (C=O) groups excluding carboxylic acids is 1. The van der Waals surface area contributed by atoms with Crippen molar-refractivity contribution in [3.05, 3.63) is 23.8 Å². The number of hydrogen-bond acceptors (Lipinski definition) is 5. The Morgan fingerprint density at radius 1 is 1.35 bits per heavy atom. The van der Waals surface area contributed by atoms with Crippen molar-refractivity contribution in [2.45, 2.75) is 0 Å². The monoisotopic (exact) mass is 239 g/mol. The summed E-state index contributed by atoms with van der Waals surface area (Å²) in [6.45, 7) is 0.848. The van der Waals surface area contributed by atoms with Gasteiger partial charge in [-0.2, -0.15) is 0 Å². The van der Waals surface area contributed by atoms with E-state index >= 15 is 0 Å². The van der Waals surface area contributed by atoms with Crippen molar-refractivity contribution in [2.75, 3.05) is 27.3 Å². The summed E-state index contributed by atoms with van der Waals surface area (Å²) in [5.41, 5.74) is -0.0882. The summed E-state index contributed by atoms with van der Waals surface area (Å²) in [6.07, 6.45) is 2.20. The van der Waals surface area contributed by atoms with Crippen molar-refractivity contribution >= 4 is 11.9 Å². The van der Waals surface area contributed by atoms with Gasteiger partial charge in [0.2, 0.25) is 0 Å². The first-order valence-corrected chi connectivity index (χ1v) is 4.86. The number of hydrogen-bond donors (Lipinski definition) is 1. The molecule has 7 heteroatoms. The van der Waals surface area contributed by atoms with Gasteiger partial charge in [-0.3, -0.25) is 4.79 Å². The van der Waals surface area contributed by atoms with Gasteiger partial charge in [-0.25, -0.2) is 14.8 Å². The molecule has 0 saturated heterocycles. The van der Waals surface area contributed by atoms with E-state index in [9.17, 15) is 9.59 Å². The molecule has 1 aromatic rings. The Hall–Kier alpha value is -2.02. The fraction of sp³-hybridized carbons (Fsp3) is 0.400. The first-order chi connectivity index (χ1) is 8.06. The van der Waals surface area contributed by atoms with Gasteiger partial charge < -0.3 is 14.7 Å². The van der Waals surface area contributed by atoms with Gasteiger partial charge in [0.25, 0.3) is 5.91 Å². The van der Waals surface area contributed by atoms with Crippen LogP contribution in [0.2, 0.25) is 0 Å². The van der Waals surface area contributed by atoms with Crippen LogP contribution in [0.3, 0.4) is 0 Å². The Kier molecular flexibility index (Phi) is 4.53. The number of methoxy groups -OCH3 is 1. The van der Waals surface area contributed by atoms with Crippen molar-refractivity contribution in [2.24, 2.45) is 0 Å². The zero-order valence-corrected chi connectivity index (χ0v) is 9.58. The smallest absolute Gasteiger partial charge is 0.356 e. The molecule has 1 heterocycles. The van der Waals surface area contributed by atoms with Gasteiger partial charge in [0.05, 0.1) is 19.0 Å². The quantitative estimate of drug-likeness (QED) is 0.770. The molecule has 7 nitrogen and oxygen atoms in total. The molecule has 1 N–H and O–H groups in total. The summed E-state index contributed by atoms with van der Waals surface area (Å²) >= 11 is 0.